The van der Waals surface area contributed by atoms with E-state index in [1.807, 2.05) is 48.5 Å². The molecule has 1 aliphatic carbocycles. The number of aromatic nitrogens is 2. The van der Waals surface area contributed by atoms with Gasteiger partial charge in [-0.3, -0.25) is 14.7 Å². The molecule has 26 heavy (non-hydrogen) atoms. The molecule has 0 saturated heterocycles. The molecule has 3 aromatic rings. The number of nitrogens with zero attached hydrogens (tertiary/aromatic N) is 1. The van der Waals surface area contributed by atoms with Crippen LogP contribution in [0.4, 0.5) is 5.82 Å². The molecule has 0 spiro atoms. The highest BCUT2D eigenvalue weighted by Gasteiger charge is 2.25. The number of nitrogens with one attached hydrogen (secondary N) is 3. The Kier molecular flexibility index (Phi) is 4.39. The van der Waals surface area contributed by atoms with E-state index in [-0.39, 0.29) is 24.8 Å². The lowest BCUT2D eigenvalue weighted by Gasteiger charge is -2.08. The maximum Gasteiger partial charge on any atom is 0.244 e. The summed E-state index contributed by atoms with van der Waals surface area (Å²) in [7, 11) is 0. The number of aromatic amines is 1. The van der Waals surface area contributed by atoms with Gasteiger partial charge in [0.15, 0.2) is 5.82 Å². The number of fused-ring (bicyclic) bond motifs is 1. The van der Waals surface area contributed by atoms with Crippen LogP contribution in [-0.4, -0.2) is 28.6 Å². The molecule has 0 aliphatic heterocycles. The second-order valence-corrected chi connectivity index (χ2v) is 6.62. The number of carbonyl (C=O) groups is 2. The molecule has 0 radical (unpaired) electrons. The first kappa shape index (κ1) is 16.3. The number of hydrogen-bond donors (Lipinski definition) is 3. The molecule has 6 heteroatoms. The number of hydrogen-bond acceptors (Lipinski definition) is 3. The SMILES string of the molecule is O=C(Cc1cccc2ccccc12)NCC(=O)Nc1cc(C2CC2)[nH]n1. The molecule has 1 saturated carbocycles. The lowest BCUT2D eigenvalue weighted by Crippen LogP contribution is -2.33. The van der Waals surface area contributed by atoms with Crippen LogP contribution in [0.25, 0.3) is 10.8 Å². The molecule has 6 nitrogen and oxygen atoms in total. The zero-order valence-electron chi connectivity index (χ0n) is 14.3. The third kappa shape index (κ3) is 3.74. The van der Waals surface area contributed by atoms with Gasteiger partial charge in [0.1, 0.15) is 0 Å². The van der Waals surface area contributed by atoms with Gasteiger partial charge in [-0.15, -0.1) is 0 Å². The standard InChI is InChI=1S/C20H20N4O2/c25-19(10-15-6-3-5-13-4-1-2-7-16(13)15)21-12-20(26)22-18-11-17(23-24-18)14-8-9-14/h1-7,11,14H,8-10,12H2,(H,21,25)(H2,22,23,24,26). The number of carbonyl (C=O) groups excluding carboxylic acids is 2. The molecule has 0 unspecified atom stereocenters. The lowest BCUT2D eigenvalue weighted by atomic mass is 10.0. The average molecular weight is 348 g/mol. The van der Waals surface area contributed by atoms with Gasteiger partial charge in [0.25, 0.3) is 0 Å². The fourth-order valence-electron chi connectivity index (χ4n) is 3.05. The third-order valence-corrected chi connectivity index (χ3v) is 4.56. The van der Waals surface area contributed by atoms with Crippen LogP contribution in [0.3, 0.4) is 0 Å². The zero-order valence-corrected chi connectivity index (χ0v) is 14.3. The quantitative estimate of drug-likeness (QED) is 0.640. The van der Waals surface area contributed by atoms with Gasteiger partial charge >= 0.3 is 0 Å². The topological polar surface area (TPSA) is 86.9 Å². The normalized spacial score (nSPS) is 13.5. The first-order valence-corrected chi connectivity index (χ1v) is 8.77. The van der Waals surface area contributed by atoms with E-state index in [9.17, 15) is 9.59 Å². The highest BCUT2D eigenvalue weighted by Crippen LogP contribution is 2.39. The highest BCUT2D eigenvalue weighted by molar-refractivity contribution is 5.95. The van der Waals surface area contributed by atoms with Gasteiger partial charge in [-0.2, -0.15) is 5.10 Å². The minimum Gasteiger partial charge on any atom is -0.347 e. The summed E-state index contributed by atoms with van der Waals surface area (Å²) in [5.41, 5.74) is 2.00. The molecular formula is C20H20N4O2. The summed E-state index contributed by atoms with van der Waals surface area (Å²) in [4.78, 5) is 24.2. The van der Waals surface area contributed by atoms with Crippen molar-refractivity contribution >= 4 is 28.4 Å². The van der Waals surface area contributed by atoms with Crippen molar-refractivity contribution < 1.29 is 9.59 Å². The molecule has 132 valence electrons. The molecule has 1 fully saturated rings. The largest absolute Gasteiger partial charge is 0.347 e. The van der Waals surface area contributed by atoms with E-state index < -0.39 is 0 Å². The average Bonchev–Trinajstić information content (AvgIpc) is 3.40. The number of anilines is 1. The summed E-state index contributed by atoms with van der Waals surface area (Å²) in [6.45, 7) is -0.0742. The van der Waals surface area contributed by atoms with Crippen LogP contribution in [0.5, 0.6) is 0 Å². The first-order valence-electron chi connectivity index (χ1n) is 8.77. The molecule has 3 N–H and O–H groups in total. The zero-order chi connectivity index (χ0) is 17.9. The van der Waals surface area contributed by atoms with E-state index in [0.29, 0.717) is 11.7 Å². The molecule has 2 aromatic carbocycles. The van der Waals surface area contributed by atoms with E-state index in [1.54, 1.807) is 0 Å². The van der Waals surface area contributed by atoms with Crippen molar-refractivity contribution in [1.29, 1.82) is 0 Å². The van der Waals surface area contributed by atoms with E-state index >= 15 is 0 Å². The van der Waals surface area contributed by atoms with Crippen LogP contribution < -0.4 is 10.6 Å². The van der Waals surface area contributed by atoms with Crippen molar-refractivity contribution in [3.05, 3.63) is 59.8 Å². The number of rotatable bonds is 6. The Morgan fingerprint density at radius 1 is 1.08 bits per heavy atom. The lowest BCUT2D eigenvalue weighted by molar-refractivity contribution is -0.123. The van der Waals surface area contributed by atoms with Crippen molar-refractivity contribution in [2.24, 2.45) is 0 Å². The Morgan fingerprint density at radius 2 is 1.88 bits per heavy atom. The Bertz CT molecular complexity index is 954. The van der Waals surface area contributed by atoms with E-state index in [2.05, 4.69) is 20.8 Å². The monoisotopic (exact) mass is 348 g/mol. The van der Waals surface area contributed by atoms with Crippen LogP contribution in [0.2, 0.25) is 0 Å². The van der Waals surface area contributed by atoms with Gasteiger partial charge in [-0.25, -0.2) is 0 Å². The van der Waals surface area contributed by atoms with Crippen LogP contribution in [0, 0.1) is 0 Å². The molecule has 2 amide bonds. The molecule has 4 rings (SSSR count). The maximum absolute atomic E-state index is 12.2. The summed E-state index contributed by atoms with van der Waals surface area (Å²) in [5.74, 6) is 0.580. The Morgan fingerprint density at radius 3 is 2.73 bits per heavy atom. The fraction of sp³-hybridized carbons (Fsp3) is 0.250. The molecule has 1 aliphatic rings. The summed E-state index contributed by atoms with van der Waals surface area (Å²) >= 11 is 0. The van der Waals surface area contributed by atoms with Gasteiger partial charge in [0.05, 0.1) is 13.0 Å². The second kappa shape index (κ2) is 7.00. The van der Waals surface area contributed by atoms with Gasteiger partial charge in [-0.1, -0.05) is 42.5 Å². The summed E-state index contributed by atoms with van der Waals surface area (Å²) in [6.07, 6.45) is 2.57. The van der Waals surface area contributed by atoms with E-state index in [1.165, 1.54) is 12.8 Å². The molecular weight excluding hydrogens is 328 g/mol. The van der Waals surface area contributed by atoms with Gasteiger partial charge in [0, 0.05) is 17.7 Å². The van der Waals surface area contributed by atoms with E-state index in [0.717, 1.165) is 22.0 Å². The van der Waals surface area contributed by atoms with Gasteiger partial charge in [-0.05, 0) is 29.2 Å². The first-order chi connectivity index (χ1) is 12.7. The maximum atomic E-state index is 12.2. The van der Waals surface area contributed by atoms with Crippen LogP contribution in [0.15, 0.2) is 48.5 Å². The third-order valence-electron chi connectivity index (χ3n) is 4.56. The Hall–Kier alpha value is -3.15. The predicted molar refractivity (Wildman–Crippen MR) is 99.9 cm³/mol. The number of H-pyrrole nitrogens is 1. The van der Waals surface area contributed by atoms with Crippen molar-refractivity contribution in [3.63, 3.8) is 0 Å². The van der Waals surface area contributed by atoms with Gasteiger partial charge < -0.3 is 10.6 Å². The van der Waals surface area contributed by atoms with Crippen molar-refractivity contribution in [3.8, 4) is 0 Å². The number of amides is 2. The molecule has 1 heterocycles. The smallest absolute Gasteiger partial charge is 0.244 e. The van der Waals surface area contributed by atoms with Crippen molar-refractivity contribution in [1.82, 2.24) is 15.5 Å². The van der Waals surface area contributed by atoms with E-state index in [4.69, 9.17) is 0 Å². The number of benzene rings is 2. The minimum absolute atomic E-state index is 0.0742. The van der Waals surface area contributed by atoms with Crippen LogP contribution in [0.1, 0.15) is 30.0 Å². The molecule has 0 bridgehead atoms. The second-order valence-electron chi connectivity index (χ2n) is 6.62. The summed E-state index contributed by atoms with van der Waals surface area (Å²) in [6, 6.07) is 15.7. The molecule has 1 aromatic heterocycles. The highest BCUT2D eigenvalue weighted by atomic mass is 16.2. The summed E-state index contributed by atoms with van der Waals surface area (Å²) in [5, 5.41) is 14.5. The minimum atomic E-state index is -0.287. The van der Waals surface area contributed by atoms with Crippen molar-refractivity contribution in [2.75, 3.05) is 11.9 Å². The fourth-order valence-corrected chi connectivity index (χ4v) is 3.05. The molecule has 0 atom stereocenters. The van der Waals surface area contributed by atoms with Gasteiger partial charge in [0.2, 0.25) is 11.8 Å². The van der Waals surface area contributed by atoms with Crippen LogP contribution in [-0.2, 0) is 16.0 Å². The Labute approximate surface area is 151 Å². The van der Waals surface area contributed by atoms with Crippen molar-refractivity contribution in [2.45, 2.75) is 25.2 Å². The summed E-state index contributed by atoms with van der Waals surface area (Å²) < 4.78 is 0. The van der Waals surface area contributed by atoms with Crippen LogP contribution >= 0.6 is 0 Å². The predicted octanol–water partition coefficient (Wildman–Crippen LogP) is 2.74. The Balaban J connectivity index is 1.30.